The van der Waals surface area contributed by atoms with Gasteiger partial charge in [0.2, 0.25) is 0 Å². The second-order valence-corrected chi connectivity index (χ2v) is 5.84. The van der Waals surface area contributed by atoms with Crippen LogP contribution >= 0.6 is 0 Å². The molecular weight excluding hydrogens is 268 g/mol. The van der Waals surface area contributed by atoms with Gasteiger partial charge in [0.25, 0.3) is 0 Å². The highest BCUT2D eigenvalue weighted by atomic mass is 16.4. The Labute approximate surface area is 125 Å². The van der Waals surface area contributed by atoms with Crippen LogP contribution in [0, 0.1) is 12.8 Å². The van der Waals surface area contributed by atoms with E-state index in [9.17, 15) is 9.59 Å². The van der Waals surface area contributed by atoms with Gasteiger partial charge in [0.05, 0.1) is 5.92 Å². The smallest absolute Gasteiger partial charge is 0.317 e. The standard InChI is InChI=1S/C16H22N2O3/c1-11-3-5-12(6-4-11)10-18(2)16(21)17-14-8-7-13(9-14)15(19)20/h3-6,13-14H,7-10H2,1-2H3,(H,17,21)(H,19,20). The molecule has 0 radical (unpaired) electrons. The molecule has 2 unspecified atom stereocenters. The van der Waals surface area contributed by atoms with Crippen LogP contribution in [0.3, 0.4) is 0 Å². The van der Waals surface area contributed by atoms with Crippen LogP contribution in [0.5, 0.6) is 0 Å². The van der Waals surface area contributed by atoms with E-state index in [0.717, 1.165) is 12.0 Å². The number of aliphatic carboxylic acids is 1. The number of hydrogen-bond donors (Lipinski definition) is 2. The maximum Gasteiger partial charge on any atom is 0.317 e. The zero-order chi connectivity index (χ0) is 15.4. The summed E-state index contributed by atoms with van der Waals surface area (Å²) in [4.78, 5) is 24.7. The molecule has 2 N–H and O–H groups in total. The minimum absolute atomic E-state index is 0.0286. The topological polar surface area (TPSA) is 69.6 Å². The first-order valence-corrected chi connectivity index (χ1v) is 7.25. The van der Waals surface area contributed by atoms with Gasteiger partial charge in [0, 0.05) is 19.6 Å². The number of carboxylic acid groups (broad SMARTS) is 1. The molecule has 114 valence electrons. The third kappa shape index (κ3) is 4.21. The summed E-state index contributed by atoms with van der Waals surface area (Å²) < 4.78 is 0. The summed E-state index contributed by atoms with van der Waals surface area (Å²) in [6.07, 6.45) is 1.91. The van der Waals surface area contributed by atoms with E-state index in [-0.39, 0.29) is 18.0 Å². The number of nitrogens with zero attached hydrogens (tertiary/aromatic N) is 1. The van der Waals surface area contributed by atoms with Crippen molar-refractivity contribution in [2.24, 2.45) is 5.92 Å². The Bertz CT molecular complexity index is 513. The predicted molar refractivity (Wildman–Crippen MR) is 79.9 cm³/mol. The van der Waals surface area contributed by atoms with Crippen LogP contribution in [0.2, 0.25) is 0 Å². The third-order valence-electron chi connectivity index (χ3n) is 4.00. The Morgan fingerprint density at radius 1 is 1.29 bits per heavy atom. The average molecular weight is 290 g/mol. The van der Waals surface area contributed by atoms with Gasteiger partial charge in [-0.25, -0.2) is 4.79 Å². The molecular formula is C16H22N2O3. The summed E-state index contributed by atoms with van der Waals surface area (Å²) in [6.45, 7) is 2.57. The largest absolute Gasteiger partial charge is 0.481 e. The fourth-order valence-electron chi connectivity index (χ4n) is 2.66. The van der Waals surface area contributed by atoms with Crippen molar-refractivity contribution in [1.29, 1.82) is 0 Å². The lowest BCUT2D eigenvalue weighted by atomic mass is 10.1. The van der Waals surface area contributed by atoms with Crippen LogP contribution in [-0.4, -0.2) is 35.1 Å². The number of nitrogens with one attached hydrogen (secondary N) is 1. The number of rotatable bonds is 4. The molecule has 0 bridgehead atoms. The summed E-state index contributed by atoms with van der Waals surface area (Å²) >= 11 is 0. The van der Waals surface area contributed by atoms with Gasteiger partial charge < -0.3 is 15.3 Å². The normalized spacial score (nSPS) is 21.0. The molecule has 5 heteroatoms. The Kier molecular flexibility index (Phi) is 4.83. The first-order chi connectivity index (χ1) is 9.95. The van der Waals surface area contributed by atoms with Crippen LogP contribution in [0.15, 0.2) is 24.3 Å². The number of carbonyl (C=O) groups is 2. The molecule has 1 aliphatic carbocycles. The van der Waals surface area contributed by atoms with Crippen molar-refractivity contribution < 1.29 is 14.7 Å². The summed E-state index contributed by atoms with van der Waals surface area (Å²) in [6, 6.07) is 7.89. The fraction of sp³-hybridized carbons (Fsp3) is 0.500. The summed E-state index contributed by atoms with van der Waals surface area (Å²) in [5, 5.41) is 11.9. The SMILES string of the molecule is Cc1ccc(CN(C)C(=O)NC2CCC(C(=O)O)C2)cc1. The number of carboxylic acids is 1. The summed E-state index contributed by atoms with van der Waals surface area (Å²) in [7, 11) is 1.75. The molecule has 2 rings (SSSR count). The second-order valence-electron chi connectivity index (χ2n) is 5.84. The quantitative estimate of drug-likeness (QED) is 0.894. The molecule has 21 heavy (non-hydrogen) atoms. The van der Waals surface area contributed by atoms with Crippen molar-refractivity contribution in [2.45, 2.75) is 38.8 Å². The van der Waals surface area contributed by atoms with Crippen LogP contribution in [0.25, 0.3) is 0 Å². The minimum Gasteiger partial charge on any atom is -0.481 e. The Morgan fingerprint density at radius 3 is 2.52 bits per heavy atom. The van der Waals surface area contributed by atoms with Crippen LogP contribution < -0.4 is 5.32 Å². The Hall–Kier alpha value is -2.04. The van der Waals surface area contributed by atoms with Crippen molar-refractivity contribution in [2.75, 3.05) is 7.05 Å². The van der Waals surface area contributed by atoms with Crippen molar-refractivity contribution >= 4 is 12.0 Å². The molecule has 1 aliphatic rings. The lowest BCUT2D eigenvalue weighted by Gasteiger charge is -2.21. The number of aryl methyl sites for hydroxylation is 1. The number of carbonyl (C=O) groups excluding carboxylic acids is 1. The molecule has 5 nitrogen and oxygen atoms in total. The molecule has 0 aromatic heterocycles. The fourth-order valence-corrected chi connectivity index (χ4v) is 2.66. The van der Waals surface area contributed by atoms with Gasteiger partial charge in [0.1, 0.15) is 0 Å². The molecule has 1 saturated carbocycles. The van der Waals surface area contributed by atoms with Crippen LogP contribution in [-0.2, 0) is 11.3 Å². The predicted octanol–water partition coefficient (Wildman–Crippen LogP) is 2.39. The van der Waals surface area contributed by atoms with Gasteiger partial charge >= 0.3 is 12.0 Å². The molecule has 0 spiro atoms. The number of urea groups is 1. The maximum atomic E-state index is 12.1. The molecule has 2 atom stereocenters. The van der Waals surface area contributed by atoms with E-state index in [4.69, 9.17) is 5.11 Å². The molecule has 1 fully saturated rings. The number of hydrogen-bond acceptors (Lipinski definition) is 2. The summed E-state index contributed by atoms with van der Waals surface area (Å²) in [5.41, 5.74) is 2.27. The lowest BCUT2D eigenvalue weighted by molar-refractivity contribution is -0.141. The van der Waals surface area contributed by atoms with Gasteiger partial charge in [-0.15, -0.1) is 0 Å². The Balaban J connectivity index is 1.83. The van der Waals surface area contributed by atoms with E-state index in [0.29, 0.717) is 19.4 Å². The molecule has 1 aromatic rings. The molecule has 2 amide bonds. The van der Waals surface area contributed by atoms with Gasteiger partial charge in [0.15, 0.2) is 0 Å². The highest BCUT2D eigenvalue weighted by Crippen LogP contribution is 2.25. The average Bonchev–Trinajstić information content (AvgIpc) is 2.90. The van der Waals surface area contributed by atoms with E-state index >= 15 is 0 Å². The van der Waals surface area contributed by atoms with Gasteiger partial charge in [-0.3, -0.25) is 4.79 Å². The van der Waals surface area contributed by atoms with Gasteiger partial charge in [-0.2, -0.15) is 0 Å². The molecule has 0 heterocycles. The monoisotopic (exact) mass is 290 g/mol. The van der Waals surface area contributed by atoms with E-state index < -0.39 is 5.97 Å². The highest BCUT2D eigenvalue weighted by molar-refractivity contribution is 5.75. The van der Waals surface area contributed by atoms with E-state index in [1.165, 1.54) is 5.56 Å². The van der Waals surface area contributed by atoms with E-state index in [2.05, 4.69) is 5.32 Å². The summed E-state index contributed by atoms with van der Waals surface area (Å²) in [5.74, 6) is -1.09. The van der Waals surface area contributed by atoms with Crippen molar-refractivity contribution in [3.05, 3.63) is 35.4 Å². The minimum atomic E-state index is -0.764. The Morgan fingerprint density at radius 2 is 1.95 bits per heavy atom. The zero-order valence-electron chi connectivity index (χ0n) is 12.5. The van der Waals surface area contributed by atoms with Gasteiger partial charge in [-0.05, 0) is 31.7 Å². The van der Waals surface area contributed by atoms with Crippen LogP contribution in [0.4, 0.5) is 4.79 Å². The zero-order valence-corrected chi connectivity index (χ0v) is 12.5. The molecule has 1 aromatic carbocycles. The van der Waals surface area contributed by atoms with Crippen LogP contribution in [0.1, 0.15) is 30.4 Å². The third-order valence-corrected chi connectivity index (χ3v) is 4.00. The highest BCUT2D eigenvalue weighted by Gasteiger charge is 2.30. The van der Waals surface area contributed by atoms with Gasteiger partial charge in [-0.1, -0.05) is 29.8 Å². The van der Waals surface area contributed by atoms with Crippen molar-refractivity contribution in [1.82, 2.24) is 10.2 Å². The maximum absolute atomic E-state index is 12.1. The second kappa shape index (κ2) is 6.61. The first kappa shape index (κ1) is 15.4. The van der Waals surface area contributed by atoms with Crippen molar-refractivity contribution in [3.8, 4) is 0 Å². The number of amides is 2. The first-order valence-electron chi connectivity index (χ1n) is 7.25. The van der Waals surface area contributed by atoms with E-state index in [1.54, 1.807) is 11.9 Å². The van der Waals surface area contributed by atoms with Crippen molar-refractivity contribution in [3.63, 3.8) is 0 Å². The molecule has 0 saturated heterocycles. The lowest BCUT2D eigenvalue weighted by Crippen LogP contribution is -2.41. The van der Waals surface area contributed by atoms with E-state index in [1.807, 2.05) is 31.2 Å². The molecule has 0 aliphatic heterocycles. The number of benzene rings is 1.